The van der Waals surface area contributed by atoms with E-state index in [0.717, 1.165) is 50.3 Å². The number of aryl methyl sites for hydroxylation is 2. The Morgan fingerprint density at radius 2 is 2.04 bits per heavy atom. The Morgan fingerprint density at radius 3 is 2.78 bits per heavy atom. The highest BCUT2D eigenvalue weighted by molar-refractivity contribution is 5.92. The van der Waals surface area contributed by atoms with E-state index in [2.05, 4.69) is 21.3 Å². The second-order valence-electron chi connectivity index (χ2n) is 7.23. The van der Waals surface area contributed by atoms with Crippen LogP contribution in [0.3, 0.4) is 0 Å². The van der Waals surface area contributed by atoms with Gasteiger partial charge in [-0.05, 0) is 62.3 Å². The molecule has 0 bridgehead atoms. The third-order valence-electron chi connectivity index (χ3n) is 5.43. The molecule has 0 atom stereocenters. The van der Waals surface area contributed by atoms with Crippen LogP contribution in [0, 0.1) is 11.3 Å². The van der Waals surface area contributed by atoms with E-state index in [9.17, 15) is 10.1 Å². The number of rotatable bonds is 3. The van der Waals surface area contributed by atoms with Crippen LogP contribution in [0.25, 0.3) is 0 Å². The van der Waals surface area contributed by atoms with Gasteiger partial charge in [-0.1, -0.05) is 6.07 Å². The first-order valence-corrected chi connectivity index (χ1v) is 9.64. The van der Waals surface area contributed by atoms with Gasteiger partial charge in [-0.2, -0.15) is 5.26 Å². The maximum absolute atomic E-state index is 12.3. The van der Waals surface area contributed by atoms with Crippen molar-refractivity contribution in [3.8, 4) is 6.07 Å². The fourth-order valence-electron chi connectivity index (χ4n) is 3.94. The molecule has 0 saturated carbocycles. The predicted octanol–water partition coefficient (Wildman–Crippen LogP) is 2.63. The van der Waals surface area contributed by atoms with Crippen molar-refractivity contribution in [2.75, 3.05) is 18.0 Å². The van der Waals surface area contributed by atoms with Gasteiger partial charge in [0, 0.05) is 31.0 Å². The van der Waals surface area contributed by atoms with E-state index < -0.39 is 0 Å². The van der Waals surface area contributed by atoms with E-state index in [4.69, 9.17) is 4.98 Å². The smallest absolute Gasteiger partial charge is 0.270 e. The minimum absolute atomic E-state index is 0.124. The Hall–Kier alpha value is -2.94. The number of nitrogens with one attached hydrogen (secondary N) is 1. The molecule has 1 aliphatic heterocycles. The minimum Gasteiger partial charge on any atom is -0.355 e. The van der Waals surface area contributed by atoms with Crippen molar-refractivity contribution in [2.24, 2.45) is 0 Å². The van der Waals surface area contributed by atoms with Crippen molar-refractivity contribution in [1.29, 1.82) is 5.26 Å². The lowest BCUT2D eigenvalue weighted by atomic mass is 9.94. The normalized spacial score (nSPS) is 17.1. The molecule has 0 radical (unpaired) electrons. The third kappa shape index (κ3) is 3.77. The number of piperidine rings is 1. The van der Waals surface area contributed by atoms with Gasteiger partial charge >= 0.3 is 0 Å². The van der Waals surface area contributed by atoms with Gasteiger partial charge in [0.05, 0.1) is 5.56 Å². The Kier molecular flexibility index (Phi) is 5.01. The lowest BCUT2D eigenvalue weighted by Crippen LogP contribution is -2.45. The van der Waals surface area contributed by atoms with Crippen LogP contribution >= 0.6 is 0 Å². The first-order valence-electron chi connectivity index (χ1n) is 9.64. The molecule has 1 aliphatic carbocycles. The Labute approximate surface area is 159 Å². The van der Waals surface area contributed by atoms with Gasteiger partial charge in [-0.25, -0.2) is 4.98 Å². The summed E-state index contributed by atoms with van der Waals surface area (Å²) in [4.78, 5) is 23.4. The monoisotopic (exact) mass is 361 g/mol. The van der Waals surface area contributed by atoms with Crippen LogP contribution in [-0.2, 0) is 12.8 Å². The van der Waals surface area contributed by atoms with Gasteiger partial charge in [0.1, 0.15) is 17.6 Å². The first-order chi connectivity index (χ1) is 13.2. The number of fused-ring (bicyclic) bond motifs is 1. The molecule has 1 amide bonds. The summed E-state index contributed by atoms with van der Waals surface area (Å²) >= 11 is 0. The molecule has 4 rings (SSSR count). The zero-order chi connectivity index (χ0) is 18.6. The molecule has 2 aromatic rings. The molecule has 1 fully saturated rings. The van der Waals surface area contributed by atoms with Crippen LogP contribution in [-0.4, -0.2) is 35.0 Å². The van der Waals surface area contributed by atoms with Crippen molar-refractivity contribution in [1.82, 2.24) is 15.3 Å². The summed E-state index contributed by atoms with van der Waals surface area (Å²) < 4.78 is 0. The van der Waals surface area contributed by atoms with E-state index in [1.165, 1.54) is 18.4 Å². The van der Waals surface area contributed by atoms with Gasteiger partial charge in [-0.15, -0.1) is 0 Å². The Bertz CT molecular complexity index is 866. The Balaban J connectivity index is 1.42. The first kappa shape index (κ1) is 17.5. The predicted molar refractivity (Wildman–Crippen MR) is 103 cm³/mol. The van der Waals surface area contributed by atoms with Crippen molar-refractivity contribution >= 4 is 11.7 Å². The molecule has 6 nitrogen and oxygen atoms in total. The number of carbonyl (C=O) groups is 1. The topological polar surface area (TPSA) is 81.9 Å². The van der Waals surface area contributed by atoms with E-state index in [-0.39, 0.29) is 11.9 Å². The summed E-state index contributed by atoms with van der Waals surface area (Å²) in [6.07, 6.45) is 7.68. The Morgan fingerprint density at radius 1 is 1.22 bits per heavy atom. The maximum atomic E-state index is 12.3. The minimum atomic E-state index is -0.126. The van der Waals surface area contributed by atoms with E-state index in [1.807, 2.05) is 12.1 Å². The van der Waals surface area contributed by atoms with Crippen LogP contribution in [0.15, 0.2) is 30.5 Å². The zero-order valence-electron chi connectivity index (χ0n) is 15.3. The van der Waals surface area contributed by atoms with Crippen molar-refractivity contribution in [3.05, 3.63) is 53.0 Å². The van der Waals surface area contributed by atoms with E-state index in [1.54, 1.807) is 18.3 Å². The average molecular weight is 361 g/mol. The second-order valence-corrected chi connectivity index (χ2v) is 7.23. The van der Waals surface area contributed by atoms with Gasteiger partial charge in [0.25, 0.3) is 5.91 Å². The molecule has 2 aliphatic rings. The number of nitriles is 1. The standard InChI is InChI=1S/C21H23N5O/c22-14-16-13-15-5-1-2-6-18(15)25-20(16)26-11-8-17(9-12-26)24-21(27)19-7-3-4-10-23-19/h3-4,7,10,13,17H,1-2,5-6,8-9,11-12H2,(H,24,27). The average Bonchev–Trinajstić information content (AvgIpc) is 2.74. The molecule has 0 spiro atoms. The van der Waals surface area contributed by atoms with Crippen molar-refractivity contribution in [2.45, 2.75) is 44.6 Å². The molecule has 3 heterocycles. The molecule has 1 saturated heterocycles. The van der Waals surface area contributed by atoms with Crippen LogP contribution in [0.5, 0.6) is 0 Å². The number of amides is 1. The summed E-state index contributed by atoms with van der Waals surface area (Å²) in [5.41, 5.74) is 3.51. The van der Waals surface area contributed by atoms with Gasteiger partial charge in [0.15, 0.2) is 0 Å². The highest BCUT2D eigenvalue weighted by Gasteiger charge is 2.25. The summed E-state index contributed by atoms with van der Waals surface area (Å²) in [6.45, 7) is 1.57. The lowest BCUT2D eigenvalue weighted by Gasteiger charge is -2.34. The molecule has 0 unspecified atom stereocenters. The van der Waals surface area contributed by atoms with Crippen LogP contribution in [0.2, 0.25) is 0 Å². The SMILES string of the molecule is N#Cc1cc2c(nc1N1CCC(NC(=O)c3ccccn3)CC1)CCCC2. The second kappa shape index (κ2) is 7.75. The van der Waals surface area contributed by atoms with Crippen LogP contribution in [0.1, 0.15) is 53.0 Å². The molecule has 1 N–H and O–H groups in total. The number of carbonyl (C=O) groups excluding carboxylic acids is 1. The molecule has 6 heteroatoms. The molecule has 27 heavy (non-hydrogen) atoms. The third-order valence-corrected chi connectivity index (χ3v) is 5.43. The highest BCUT2D eigenvalue weighted by Crippen LogP contribution is 2.28. The summed E-state index contributed by atoms with van der Waals surface area (Å²) in [7, 11) is 0. The molecule has 138 valence electrons. The summed E-state index contributed by atoms with van der Waals surface area (Å²) in [5.74, 6) is 0.686. The van der Waals surface area contributed by atoms with Crippen molar-refractivity contribution in [3.63, 3.8) is 0 Å². The van der Waals surface area contributed by atoms with E-state index in [0.29, 0.717) is 11.3 Å². The van der Waals surface area contributed by atoms with Crippen LogP contribution < -0.4 is 10.2 Å². The van der Waals surface area contributed by atoms with Gasteiger partial charge in [-0.3, -0.25) is 9.78 Å². The van der Waals surface area contributed by atoms with Crippen LogP contribution in [0.4, 0.5) is 5.82 Å². The summed E-state index contributed by atoms with van der Waals surface area (Å²) in [5, 5.41) is 12.6. The summed E-state index contributed by atoms with van der Waals surface area (Å²) in [6, 6.07) is 9.82. The lowest BCUT2D eigenvalue weighted by molar-refractivity contribution is 0.0926. The van der Waals surface area contributed by atoms with E-state index >= 15 is 0 Å². The maximum Gasteiger partial charge on any atom is 0.270 e. The molecular formula is C21H23N5O. The number of nitrogens with zero attached hydrogens (tertiary/aromatic N) is 4. The molecular weight excluding hydrogens is 338 g/mol. The molecule has 0 aromatic carbocycles. The number of pyridine rings is 2. The fourth-order valence-corrected chi connectivity index (χ4v) is 3.94. The quantitative estimate of drug-likeness (QED) is 0.909. The number of aromatic nitrogens is 2. The zero-order valence-corrected chi connectivity index (χ0v) is 15.3. The number of hydrogen-bond donors (Lipinski definition) is 1. The van der Waals surface area contributed by atoms with Crippen molar-refractivity contribution < 1.29 is 4.79 Å². The number of anilines is 1. The van der Waals surface area contributed by atoms with Gasteiger partial charge in [0.2, 0.25) is 0 Å². The van der Waals surface area contributed by atoms with Gasteiger partial charge < -0.3 is 10.2 Å². The highest BCUT2D eigenvalue weighted by atomic mass is 16.1. The molecule has 2 aromatic heterocycles. The number of hydrogen-bond acceptors (Lipinski definition) is 5. The fraction of sp³-hybridized carbons (Fsp3) is 0.429. The largest absolute Gasteiger partial charge is 0.355 e.